The van der Waals surface area contributed by atoms with Crippen LogP contribution in [0, 0.1) is 0 Å². The maximum Gasteiger partial charge on any atom is 0.387 e. The van der Waals surface area contributed by atoms with E-state index in [1.54, 1.807) is 12.1 Å². The Bertz CT molecular complexity index is 624. The Morgan fingerprint density at radius 3 is 2.48 bits per heavy atom. The van der Waals surface area contributed by atoms with Gasteiger partial charge in [-0.3, -0.25) is 4.79 Å². The highest BCUT2D eigenvalue weighted by Crippen LogP contribution is 2.39. The molecule has 0 aliphatic heterocycles. The molecule has 2 rings (SSSR count). The fraction of sp³-hybridized carbons (Fsp3) is 0.632. The summed E-state index contributed by atoms with van der Waals surface area (Å²) in [5.74, 6) is 0.582. The second-order valence-electron chi connectivity index (χ2n) is 8.27. The zero-order valence-electron chi connectivity index (χ0n) is 15.7. The van der Waals surface area contributed by atoms with Gasteiger partial charge in [0, 0.05) is 18.4 Å². The van der Waals surface area contributed by atoms with Gasteiger partial charge in [-0.05, 0) is 48.2 Å². The number of halogens is 2. The molecule has 0 N–H and O–H groups in total. The van der Waals surface area contributed by atoms with Crippen LogP contribution in [0.1, 0.15) is 57.1 Å². The third-order valence-corrected chi connectivity index (χ3v) is 9.89. The molecule has 0 bridgehead atoms. The van der Waals surface area contributed by atoms with Gasteiger partial charge < -0.3 is 9.16 Å². The molecule has 3 nitrogen and oxygen atoms in total. The van der Waals surface area contributed by atoms with Crippen molar-refractivity contribution in [3.63, 3.8) is 0 Å². The van der Waals surface area contributed by atoms with E-state index in [0.29, 0.717) is 18.4 Å². The molecule has 0 spiro atoms. The lowest BCUT2D eigenvalue weighted by Crippen LogP contribution is -2.40. The molecule has 1 saturated carbocycles. The van der Waals surface area contributed by atoms with E-state index in [0.717, 1.165) is 12.0 Å². The number of hydrogen-bond acceptors (Lipinski definition) is 3. The standard InChI is InChI=1S/C19H28F2O3Si/c1-19(2,3)25(4,5)23-12-15-10-13(14-6-8-16(22)11-14)7-9-17(15)24-18(20)21/h7,9-10,14,18H,6,8,11-12H2,1-5H3. The summed E-state index contributed by atoms with van der Waals surface area (Å²) in [5, 5.41) is 0.0339. The van der Waals surface area contributed by atoms with Crippen molar-refractivity contribution in [3.8, 4) is 5.75 Å². The predicted octanol–water partition coefficient (Wildman–Crippen LogP) is 5.65. The summed E-state index contributed by atoms with van der Waals surface area (Å²) >= 11 is 0. The molecular formula is C19H28F2O3Si. The second-order valence-corrected chi connectivity index (χ2v) is 13.1. The van der Waals surface area contributed by atoms with Crippen LogP contribution in [0.4, 0.5) is 8.78 Å². The van der Waals surface area contributed by atoms with Gasteiger partial charge in [0.1, 0.15) is 11.5 Å². The first-order valence-corrected chi connectivity index (χ1v) is 11.6. The summed E-state index contributed by atoms with van der Waals surface area (Å²) in [4.78, 5) is 11.5. The van der Waals surface area contributed by atoms with Gasteiger partial charge in [0.2, 0.25) is 0 Å². The normalized spacial score (nSPS) is 18.9. The van der Waals surface area contributed by atoms with Crippen LogP contribution in [0.15, 0.2) is 18.2 Å². The van der Waals surface area contributed by atoms with Crippen LogP contribution in [-0.4, -0.2) is 20.7 Å². The van der Waals surface area contributed by atoms with Crippen LogP contribution in [0.3, 0.4) is 0 Å². The molecule has 140 valence electrons. The number of hydrogen-bond donors (Lipinski definition) is 0. The molecule has 1 atom stereocenters. The van der Waals surface area contributed by atoms with Crippen LogP contribution < -0.4 is 4.74 Å². The Hall–Kier alpha value is -1.27. The highest BCUT2D eigenvalue weighted by atomic mass is 28.4. The van der Waals surface area contributed by atoms with E-state index in [1.165, 1.54) is 0 Å². The Kier molecular flexibility index (Phi) is 6.04. The van der Waals surface area contributed by atoms with Crippen LogP contribution in [0.2, 0.25) is 18.1 Å². The van der Waals surface area contributed by atoms with E-state index < -0.39 is 14.9 Å². The van der Waals surface area contributed by atoms with Gasteiger partial charge in [0.05, 0.1) is 6.61 Å². The Balaban J connectivity index is 2.24. The number of benzene rings is 1. The average Bonchev–Trinajstić information content (AvgIpc) is 2.91. The Morgan fingerprint density at radius 1 is 1.28 bits per heavy atom. The fourth-order valence-corrected chi connectivity index (χ4v) is 3.70. The van der Waals surface area contributed by atoms with Crippen molar-refractivity contribution in [1.29, 1.82) is 0 Å². The topological polar surface area (TPSA) is 35.5 Å². The molecule has 0 aromatic heterocycles. The molecule has 6 heteroatoms. The maximum atomic E-state index is 12.7. The maximum absolute atomic E-state index is 12.7. The van der Waals surface area contributed by atoms with Crippen molar-refractivity contribution < 1.29 is 22.7 Å². The molecule has 0 heterocycles. The monoisotopic (exact) mass is 370 g/mol. The van der Waals surface area contributed by atoms with Gasteiger partial charge in [-0.15, -0.1) is 0 Å². The van der Waals surface area contributed by atoms with E-state index in [-0.39, 0.29) is 29.1 Å². The van der Waals surface area contributed by atoms with Crippen molar-refractivity contribution >= 4 is 14.1 Å². The zero-order valence-corrected chi connectivity index (χ0v) is 16.7. The lowest BCUT2D eigenvalue weighted by Gasteiger charge is -2.36. The molecule has 1 aliphatic carbocycles. The molecule has 1 aliphatic rings. The molecular weight excluding hydrogens is 342 g/mol. The first-order chi connectivity index (χ1) is 11.5. The Labute approximate surface area is 149 Å². The van der Waals surface area contributed by atoms with Gasteiger partial charge in [0.25, 0.3) is 0 Å². The second kappa shape index (κ2) is 7.54. The van der Waals surface area contributed by atoms with Crippen molar-refractivity contribution in [2.75, 3.05) is 0 Å². The van der Waals surface area contributed by atoms with Crippen LogP contribution >= 0.6 is 0 Å². The minimum Gasteiger partial charge on any atom is -0.434 e. The van der Waals surface area contributed by atoms with E-state index in [9.17, 15) is 13.6 Å². The quantitative estimate of drug-likeness (QED) is 0.607. The van der Waals surface area contributed by atoms with Crippen LogP contribution in [0.5, 0.6) is 5.75 Å². The van der Waals surface area contributed by atoms with E-state index in [4.69, 9.17) is 4.43 Å². The minimum absolute atomic E-state index is 0.0339. The molecule has 0 radical (unpaired) electrons. The highest BCUT2D eigenvalue weighted by molar-refractivity contribution is 6.74. The van der Waals surface area contributed by atoms with Crippen molar-refractivity contribution in [2.45, 2.75) is 77.3 Å². The summed E-state index contributed by atoms with van der Waals surface area (Å²) in [5.41, 5.74) is 1.63. The predicted molar refractivity (Wildman–Crippen MR) is 96.7 cm³/mol. The number of carbonyl (C=O) groups is 1. The van der Waals surface area contributed by atoms with E-state index in [1.807, 2.05) is 6.07 Å². The molecule has 1 fully saturated rings. The summed E-state index contributed by atoms with van der Waals surface area (Å²) < 4.78 is 36.3. The fourth-order valence-electron chi connectivity index (χ4n) is 2.75. The number of ether oxygens (including phenoxy) is 1. The van der Waals surface area contributed by atoms with E-state index >= 15 is 0 Å². The van der Waals surface area contributed by atoms with Crippen molar-refractivity contribution in [3.05, 3.63) is 29.3 Å². The summed E-state index contributed by atoms with van der Waals surface area (Å²) in [6.45, 7) is 8.03. The lowest BCUT2D eigenvalue weighted by atomic mass is 9.95. The van der Waals surface area contributed by atoms with Gasteiger partial charge in [-0.2, -0.15) is 8.78 Å². The minimum atomic E-state index is -2.87. The smallest absolute Gasteiger partial charge is 0.387 e. The number of rotatable bonds is 6. The third kappa shape index (κ3) is 5.11. The largest absolute Gasteiger partial charge is 0.434 e. The summed E-state index contributed by atoms with van der Waals surface area (Å²) in [6.07, 6.45) is 1.93. The van der Waals surface area contributed by atoms with Crippen LogP contribution in [0.25, 0.3) is 0 Å². The zero-order chi connectivity index (χ0) is 18.8. The average molecular weight is 371 g/mol. The van der Waals surface area contributed by atoms with Crippen molar-refractivity contribution in [1.82, 2.24) is 0 Å². The molecule has 25 heavy (non-hydrogen) atoms. The molecule has 1 aromatic carbocycles. The third-order valence-electron chi connectivity index (χ3n) is 5.41. The van der Waals surface area contributed by atoms with Gasteiger partial charge in [0.15, 0.2) is 8.32 Å². The first kappa shape index (κ1) is 20.0. The lowest BCUT2D eigenvalue weighted by molar-refractivity contribution is -0.117. The SMILES string of the molecule is CC(C)(C)[Si](C)(C)OCc1cc(C2CCC(=O)C2)ccc1OC(F)F. The van der Waals surface area contributed by atoms with Gasteiger partial charge >= 0.3 is 6.61 Å². The van der Waals surface area contributed by atoms with Crippen molar-refractivity contribution in [2.24, 2.45) is 0 Å². The highest BCUT2D eigenvalue weighted by Gasteiger charge is 2.37. The van der Waals surface area contributed by atoms with Gasteiger partial charge in [-0.1, -0.05) is 26.8 Å². The van der Waals surface area contributed by atoms with E-state index in [2.05, 4.69) is 38.6 Å². The number of Topliss-reactive ketones (excluding diaryl/α,β-unsaturated/α-hetero) is 1. The molecule has 0 saturated heterocycles. The summed E-state index contributed by atoms with van der Waals surface area (Å²) in [7, 11) is -2.01. The molecule has 1 unspecified atom stereocenters. The van der Waals surface area contributed by atoms with Gasteiger partial charge in [-0.25, -0.2) is 0 Å². The number of alkyl halides is 2. The number of carbonyl (C=O) groups excluding carboxylic acids is 1. The Morgan fingerprint density at radius 2 is 1.96 bits per heavy atom. The molecule has 0 amide bonds. The summed E-state index contributed by atoms with van der Waals surface area (Å²) in [6, 6.07) is 5.24. The number of ketones is 1. The molecule has 1 aromatic rings. The van der Waals surface area contributed by atoms with Crippen LogP contribution in [-0.2, 0) is 15.8 Å². The first-order valence-electron chi connectivity index (χ1n) is 8.73.